The van der Waals surface area contributed by atoms with Crippen molar-refractivity contribution in [3.63, 3.8) is 0 Å². The van der Waals surface area contributed by atoms with E-state index in [9.17, 15) is 14.6 Å². The Morgan fingerprint density at radius 2 is 2.08 bits per heavy atom. The monoisotopic (exact) mass is 352 g/mol. The summed E-state index contributed by atoms with van der Waals surface area (Å²) in [5, 5.41) is 20.6. The predicted octanol–water partition coefficient (Wildman–Crippen LogP) is 5.44. The maximum absolute atomic E-state index is 14.4. The van der Waals surface area contributed by atoms with E-state index < -0.39 is 18.4 Å². The van der Waals surface area contributed by atoms with E-state index in [0.29, 0.717) is 18.6 Å². The van der Waals surface area contributed by atoms with E-state index in [1.807, 2.05) is 12.1 Å². The van der Waals surface area contributed by atoms with Gasteiger partial charge in [0.2, 0.25) is 0 Å². The van der Waals surface area contributed by atoms with E-state index in [4.69, 9.17) is 4.42 Å². The molecule has 25 heavy (non-hydrogen) atoms. The average Bonchev–Trinajstić information content (AvgIpc) is 3.16. The van der Waals surface area contributed by atoms with Crippen molar-refractivity contribution >= 4 is 0 Å². The van der Waals surface area contributed by atoms with E-state index >= 15 is 0 Å². The highest BCUT2D eigenvalue weighted by Crippen LogP contribution is 2.44. The molecule has 0 aromatic carbocycles. The largest absolute Gasteiger partial charge is 0.469 e. The summed E-state index contributed by atoms with van der Waals surface area (Å²) in [5.41, 5.74) is 0.737. The van der Waals surface area contributed by atoms with Gasteiger partial charge in [-0.1, -0.05) is 51.7 Å². The van der Waals surface area contributed by atoms with Gasteiger partial charge in [-0.3, -0.25) is 0 Å². The summed E-state index contributed by atoms with van der Waals surface area (Å²) in [6, 6.07) is 1.81. The van der Waals surface area contributed by atoms with Crippen molar-refractivity contribution in [3.8, 4) is 0 Å². The number of aliphatic hydroxyl groups is 2. The van der Waals surface area contributed by atoms with Crippen LogP contribution in [0, 0.1) is 5.92 Å². The molecular formula is C21H33FO3. The minimum atomic E-state index is -1.02. The molecule has 0 radical (unpaired) electrons. The third-order valence-corrected chi connectivity index (χ3v) is 5.27. The van der Waals surface area contributed by atoms with Gasteiger partial charge in [-0.25, -0.2) is 4.39 Å². The molecule has 1 aromatic rings. The average molecular weight is 352 g/mol. The summed E-state index contributed by atoms with van der Waals surface area (Å²) in [6.07, 6.45) is 10.1. The highest BCUT2D eigenvalue weighted by Gasteiger charge is 2.44. The lowest BCUT2D eigenvalue weighted by molar-refractivity contribution is 0.143. The lowest BCUT2D eigenvalue weighted by Crippen LogP contribution is -2.18. The van der Waals surface area contributed by atoms with E-state index in [-0.39, 0.29) is 18.3 Å². The molecule has 1 aromatic heterocycles. The van der Waals surface area contributed by atoms with Crippen LogP contribution in [0.1, 0.15) is 88.6 Å². The van der Waals surface area contributed by atoms with Gasteiger partial charge in [-0.15, -0.1) is 0 Å². The van der Waals surface area contributed by atoms with Crippen LogP contribution >= 0.6 is 0 Å². The molecule has 0 saturated heterocycles. The fourth-order valence-electron chi connectivity index (χ4n) is 3.77. The normalized spacial score (nSPS) is 28.0. The maximum atomic E-state index is 14.4. The van der Waals surface area contributed by atoms with Crippen LogP contribution in [0.5, 0.6) is 0 Å². The van der Waals surface area contributed by atoms with Crippen molar-refractivity contribution in [1.82, 2.24) is 0 Å². The topological polar surface area (TPSA) is 53.6 Å². The second-order valence-corrected chi connectivity index (χ2v) is 7.30. The molecule has 0 amide bonds. The zero-order valence-corrected chi connectivity index (χ0v) is 15.5. The number of unbranched alkanes of at least 4 members (excludes halogenated alkanes) is 3. The van der Waals surface area contributed by atoms with Gasteiger partial charge in [0.05, 0.1) is 18.5 Å². The zero-order valence-electron chi connectivity index (χ0n) is 15.5. The first-order chi connectivity index (χ1) is 12.1. The summed E-state index contributed by atoms with van der Waals surface area (Å²) in [6.45, 7) is 4.24. The van der Waals surface area contributed by atoms with Crippen LogP contribution in [0.3, 0.4) is 0 Å². The molecule has 2 rings (SSSR count). The number of hydrogen-bond acceptors (Lipinski definition) is 3. The van der Waals surface area contributed by atoms with Gasteiger partial charge in [0.1, 0.15) is 11.9 Å². The van der Waals surface area contributed by atoms with Crippen molar-refractivity contribution < 1.29 is 19.0 Å². The van der Waals surface area contributed by atoms with E-state index in [1.54, 1.807) is 6.26 Å². The molecule has 3 nitrogen and oxygen atoms in total. The summed E-state index contributed by atoms with van der Waals surface area (Å²) in [5.74, 6) is 0.00305. The van der Waals surface area contributed by atoms with Crippen molar-refractivity contribution in [1.29, 1.82) is 0 Å². The minimum Gasteiger partial charge on any atom is -0.469 e. The molecule has 5 atom stereocenters. The molecule has 1 heterocycles. The first-order valence-corrected chi connectivity index (χ1v) is 9.81. The summed E-state index contributed by atoms with van der Waals surface area (Å²) in [4.78, 5) is 0. The molecule has 1 fully saturated rings. The standard InChI is InChI=1S/C21H33FO3/c1-3-5-7-9-10-16-17(22)13-19(24)21(16)20-12-15(14-25-20)18(23)11-8-6-4-2/h7,9,12,14,16-19,21,23-24H,3-6,8,10-11,13H2,1-2H3/b9-7-/t16?,17-,18?,19-,21?/m1/s1. The SMILES string of the molecule is CCC/C=C\CC1C(c2cc(C(O)CCCCC)co2)[C@H](O)C[C@H]1F. The van der Waals surface area contributed by atoms with Gasteiger partial charge in [0, 0.05) is 23.8 Å². The molecule has 4 heteroatoms. The van der Waals surface area contributed by atoms with E-state index in [1.165, 1.54) is 0 Å². The van der Waals surface area contributed by atoms with Gasteiger partial charge in [0.15, 0.2) is 0 Å². The summed E-state index contributed by atoms with van der Waals surface area (Å²) >= 11 is 0. The summed E-state index contributed by atoms with van der Waals surface area (Å²) in [7, 11) is 0. The lowest BCUT2D eigenvalue weighted by atomic mass is 9.88. The minimum absolute atomic E-state index is 0.159. The Hall–Kier alpha value is -1.13. The first kappa shape index (κ1) is 20.2. The Morgan fingerprint density at radius 1 is 1.28 bits per heavy atom. The van der Waals surface area contributed by atoms with Crippen molar-refractivity contribution in [3.05, 3.63) is 35.8 Å². The van der Waals surface area contributed by atoms with Gasteiger partial charge in [-0.05, 0) is 25.3 Å². The fraction of sp³-hybridized carbons (Fsp3) is 0.714. The Bertz CT molecular complexity index is 525. The third kappa shape index (κ3) is 5.42. The van der Waals surface area contributed by atoms with Gasteiger partial charge >= 0.3 is 0 Å². The van der Waals surface area contributed by atoms with Crippen molar-refractivity contribution in [2.75, 3.05) is 0 Å². The lowest BCUT2D eigenvalue weighted by Gasteiger charge is -2.19. The molecule has 2 N–H and O–H groups in total. The molecule has 0 spiro atoms. The number of hydrogen-bond donors (Lipinski definition) is 2. The Morgan fingerprint density at radius 3 is 2.80 bits per heavy atom. The first-order valence-electron chi connectivity index (χ1n) is 9.81. The van der Waals surface area contributed by atoms with Crippen molar-refractivity contribution in [2.24, 2.45) is 5.92 Å². The predicted molar refractivity (Wildman–Crippen MR) is 98.2 cm³/mol. The number of rotatable bonds is 10. The smallest absolute Gasteiger partial charge is 0.110 e. The van der Waals surface area contributed by atoms with Gasteiger partial charge in [0.25, 0.3) is 0 Å². The zero-order chi connectivity index (χ0) is 18.2. The highest BCUT2D eigenvalue weighted by atomic mass is 19.1. The van der Waals surface area contributed by atoms with Crippen molar-refractivity contribution in [2.45, 2.75) is 89.5 Å². The number of halogens is 1. The molecule has 1 saturated carbocycles. The Balaban J connectivity index is 2.04. The molecule has 142 valence electrons. The van der Waals surface area contributed by atoms with Crippen LogP contribution in [0.2, 0.25) is 0 Å². The van der Waals surface area contributed by atoms with Crippen LogP contribution in [0.4, 0.5) is 4.39 Å². The van der Waals surface area contributed by atoms with Gasteiger partial charge < -0.3 is 14.6 Å². The molecule has 0 bridgehead atoms. The van der Waals surface area contributed by atoms with E-state index in [0.717, 1.165) is 37.7 Å². The summed E-state index contributed by atoms with van der Waals surface area (Å²) < 4.78 is 20.0. The molecule has 1 aliphatic rings. The maximum Gasteiger partial charge on any atom is 0.110 e. The van der Waals surface area contributed by atoms with Crippen LogP contribution in [0.15, 0.2) is 28.9 Å². The fourth-order valence-corrected chi connectivity index (χ4v) is 3.77. The number of allylic oxidation sites excluding steroid dienone is 2. The number of alkyl halides is 1. The Kier molecular flexibility index (Phi) is 8.17. The van der Waals surface area contributed by atoms with Crippen LogP contribution in [-0.2, 0) is 0 Å². The number of aliphatic hydroxyl groups excluding tert-OH is 2. The molecule has 1 aliphatic carbocycles. The van der Waals surface area contributed by atoms with Gasteiger partial charge in [-0.2, -0.15) is 0 Å². The highest BCUT2D eigenvalue weighted by molar-refractivity contribution is 5.22. The van der Waals surface area contributed by atoms with E-state index in [2.05, 4.69) is 19.9 Å². The second-order valence-electron chi connectivity index (χ2n) is 7.30. The third-order valence-electron chi connectivity index (χ3n) is 5.27. The van der Waals surface area contributed by atoms with Crippen LogP contribution in [0.25, 0.3) is 0 Å². The molecule has 3 unspecified atom stereocenters. The van der Waals surface area contributed by atoms with Crippen LogP contribution in [-0.4, -0.2) is 22.5 Å². The second kappa shape index (κ2) is 10.1. The molecule has 0 aliphatic heterocycles. The van der Waals surface area contributed by atoms with Crippen LogP contribution < -0.4 is 0 Å². The quantitative estimate of drug-likeness (QED) is 0.435. The Labute approximate surface area is 150 Å². The number of furan rings is 1. The molecular weight excluding hydrogens is 319 g/mol.